The molecule has 0 fully saturated rings. The van der Waals surface area contributed by atoms with Crippen LogP contribution in [0.15, 0.2) is 36.4 Å². The van der Waals surface area contributed by atoms with Crippen molar-refractivity contribution in [1.29, 1.82) is 0 Å². The molecule has 0 saturated heterocycles. The largest absolute Gasteiger partial charge is 0.481 e. The van der Waals surface area contributed by atoms with Crippen LogP contribution in [0.25, 0.3) is 0 Å². The summed E-state index contributed by atoms with van der Waals surface area (Å²) < 4.78 is 22.1. The highest BCUT2D eigenvalue weighted by Crippen LogP contribution is 2.42. The van der Waals surface area contributed by atoms with Crippen molar-refractivity contribution in [3.05, 3.63) is 47.5 Å². The van der Waals surface area contributed by atoms with E-state index in [1.165, 1.54) is 30.3 Å². The Balaban J connectivity index is 2.04. The summed E-state index contributed by atoms with van der Waals surface area (Å²) in [5.41, 5.74) is -0.548. The van der Waals surface area contributed by atoms with E-state index in [4.69, 9.17) is 24.1 Å². The van der Waals surface area contributed by atoms with Gasteiger partial charge in [-0.25, -0.2) is 9.59 Å². The number of benzene rings is 2. The van der Waals surface area contributed by atoms with Crippen molar-refractivity contribution in [3.63, 3.8) is 0 Å². The second-order valence-electron chi connectivity index (χ2n) is 9.40. The molecule has 1 N–H and O–H groups in total. The number of anilines is 1. The number of rotatable bonds is 9. The third-order valence-corrected chi connectivity index (χ3v) is 5.92. The summed E-state index contributed by atoms with van der Waals surface area (Å²) in [7, 11) is 0.102. The Labute approximate surface area is 217 Å². The average molecular weight is 533 g/mol. The molecule has 1 aliphatic rings. The summed E-state index contributed by atoms with van der Waals surface area (Å²) in [6, 6.07) is 8.93. The number of hydrogen-bond donors (Lipinski definition) is 1. The summed E-state index contributed by atoms with van der Waals surface area (Å²) in [6.45, 7) is 4.17. The lowest BCUT2D eigenvalue weighted by Crippen LogP contribution is -2.38. The van der Waals surface area contributed by atoms with E-state index in [1.54, 1.807) is 26.8 Å². The number of carbonyl (C=O) groups excluding carboxylic acids is 3. The first kappa shape index (κ1) is 27.9. The van der Waals surface area contributed by atoms with Crippen molar-refractivity contribution < 1.29 is 43.2 Å². The lowest BCUT2D eigenvalue weighted by Gasteiger charge is -2.25. The molecule has 1 heterocycles. The van der Waals surface area contributed by atoms with Gasteiger partial charge in [0.05, 0.1) is 23.8 Å². The number of carboxylic acids is 1. The first-order valence-electron chi connectivity index (χ1n) is 11.4. The molecule has 0 bridgehead atoms. The van der Waals surface area contributed by atoms with E-state index in [0.717, 1.165) is 10.7 Å². The lowest BCUT2D eigenvalue weighted by atomic mass is 10.1. The molecule has 0 atom stereocenters. The van der Waals surface area contributed by atoms with Crippen LogP contribution in [-0.2, 0) is 30.0 Å². The number of esters is 2. The maximum atomic E-state index is 13.8. The van der Waals surface area contributed by atoms with Crippen molar-refractivity contribution in [1.82, 2.24) is 0 Å². The zero-order valence-corrected chi connectivity index (χ0v) is 22.2. The van der Waals surface area contributed by atoms with Crippen LogP contribution >= 0.6 is 0 Å². The molecule has 2 aromatic rings. The first-order chi connectivity index (χ1) is 17.4. The lowest BCUT2D eigenvalue weighted by molar-refractivity contribution is -0.152. The Hall–Kier alpha value is -3.73. The van der Waals surface area contributed by atoms with Gasteiger partial charge in [0.2, 0.25) is 0 Å². The fraction of sp³-hybridized carbons (Fsp3) is 0.385. The normalized spacial score (nSPS) is 12.7. The van der Waals surface area contributed by atoms with Crippen LogP contribution in [0.1, 0.15) is 41.5 Å². The smallest absolute Gasteiger partial charge is 0.341 e. The molecule has 1 amide bonds. The minimum absolute atomic E-state index is 0.0268. The molecule has 0 unspecified atom stereocenters. The first-order valence-corrected chi connectivity index (χ1v) is 13.6. The third kappa shape index (κ3) is 7.39. The number of nitrogens with zero attached hydrogens (tertiary/aromatic N) is 1. The maximum absolute atomic E-state index is 13.8. The van der Waals surface area contributed by atoms with Gasteiger partial charge in [0, 0.05) is 0 Å². The van der Waals surface area contributed by atoms with Crippen LogP contribution in [0.3, 0.4) is 0 Å². The number of hydrogen-bond acceptors (Lipinski definition) is 8. The maximum Gasteiger partial charge on any atom is 0.341 e. The summed E-state index contributed by atoms with van der Waals surface area (Å²) in [6.07, 6.45) is 4.08. The van der Waals surface area contributed by atoms with Crippen LogP contribution in [0.4, 0.5) is 5.69 Å². The number of fused-ring (bicyclic) bond motifs is 2. The molecular weight excluding hydrogens is 502 g/mol. The minimum Gasteiger partial charge on any atom is -0.481 e. The van der Waals surface area contributed by atoms with Crippen molar-refractivity contribution >= 4 is 40.4 Å². The Morgan fingerprint density at radius 2 is 1.81 bits per heavy atom. The van der Waals surface area contributed by atoms with Crippen LogP contribution in [0.2, 0.25) is 0 Å². The minimum atomic E-state index is -1.23. The Kier molecular flexibility index (Phi) is 8.69. The van der Waals surface area contributed by atoms with Crippen LogP contribution in [-0.4, -0.2) is 72.5 Å². The van der Waals surface area contributed by atoms with Crippen molar-refractivity contribution in [2.75, 3.05) is 42.9 Å². The molecule has 10 nitrogen and oxygen atoms in total. The molecule has 0 radical (unpaired) electrons. The second-order valence-corrected chi connectivity index (χ2v) is 11.8. The van der Waals surface area contributed by atoms with E-state index in [2.05, 4.69) is 0 Å². The number of amides is 1. The molecule has 11 heteroatoms. The van der Waals surface area contributed by atoms with Gasteiger partial charge in [-0.1, -0.05) is 6.07 Å². The highest BCUT2D eigenvalue weighted by atomic mass is 32.2. The van der Waals surface area contributed by atoms with Crippen molar-refractivity contribution in [2.24, 2.45) is 0 Å². The summed E-state index contributed by atoms with van der Waals surface area (Å²) in [5, 5.41) is 9.04. The quantitative estimate of drug-likeness (QED) is 0.382. The topological polar surface area (TPSA) is 129 Å². The Morgan fingerprint density at radius 1 is 1.08 bits per heavy atom. The SMILES string of the molecule is C[S+](C)CCOC(=O)c1ccc2c(c1)N(CC(=O)OC(C)(C)C)C(=O)c1c(OCC(=O)O)cccc1O2. The van der Waals surface area contributed by atoms with E-state index in [1.807, 2.05) is 12.5 Å². The molecule has 2 aromatic carbocycles. The second kappa shape index (κ2) is 11.5. The zero-order chi connectivity index (χ0) is 27.3. The van der Waals surface area contributed by atoms with Gasteiger partial charge in [-0.2, -0.15) is 0 Å². The van der Waals surface area contributed by atoms with E-state index < -0.39 is 42.6 Å². The van der Waals surface area contributed by atoms with Gasteiger partial charge >= 0.3 is 17.9 Å². The number of carboxylic acid groups (broad SMARTS) is 1. The van der Waals surface area contributed by atoms with E-state index >= 15 is 0 Å². The highest BCUT2D eigenvalue weighted by molar-refractivity contribution is 7.95. The van der Waals surface area contributed by atoms with Gasteiger partial charge < -0.3 is 24.1 Å². The predicted octanol–water partition coefficient (Wildman–Crippen LogP) is 3.28. The monoisotopic (exact) mass is 532 g/mol. The summed E-state index contributed by atoms with van der Waals surface area (Å²) in [5.74, 6) is -2.18. The molecule has 1 aliphatic heterocycles. The molecule has 0 aromatic heterocycles. The van der Waals surface area contributed by atoms with Gasteiger partial charge in [0.15, 0.2) is 12.4 Å². The summed E-state index contributed by atoms with van der Waals surface area (Å²) in [4.78, 5) is 51.4. The molecule has 0 saturated carbocycles. The third-order valence-electron chi connectivity index (χ3n) is 4.94. The van der Waals surface area contributed by atoms with Gasteiger partial charge in [-0.3, -0.25) is 14.5 Å². The van der Waals surface area contributed by atoms with Gasteiger partial charge in [0.1, 0.15) is 41.6 Å². The molecular formula is C26H30NO9S+. The predicted molar refractivity (Wildman–Crippen MR) is 138 cm³/mol. The van der Waals surface area contributed by atoms with Crippen LogP contribution < -0.4 is 14.4 Å². The molecule has 0 spiro atoms. The number of aliphatic carboxylic acids is 1. The number of ether oxygens (including phenoxy) is 4. The fourth-order valence-corrected chi connectivity index (χ4v) is 3.83. The fourth-order valence-electron chi connectivity index (χ4n) is 3.42. The molecule has 0 aliphatic carbocycles. The summed E-state index contributed by atoms with van der Waals surface area (Å²) >= 11 is 0. The Morgan fingerprint density at radius 3 is 2.46 bits per heavy atom. The number of carbonyl (C=O) groups is 4. The van der Waals surface area contributed by atoms with Crippen LogP contribution in [0, 0.1) is 0 Å². The Bertz CT molecular complexity index is 1200. The van der Waals surface area contributed by atoms with Gasteiger partial charge in [-0.15, -0.1) is 0 Å². The van der Waals surface area contributed by atoms with Gasteiger partial charge in [0.25, 0.3) is 5.91 Å². The van der Waals surface area contributed by atoms with Crippen molar-refractivity contribution in [3.8, 4) is 17.2 Å². The highest BCUT2D eigenvalue weighted by Gasteiger charge is 2.34. The molecule has 37 heavy (non-hydrogen) atoms. The zero-order valence-electron chi connectivity index (χ0n) is 21.4. The molecule has 3 rings (SSSR count). The average Bonchev–Trinajstić information content (AvgIpc) is 2.90. The van der Waals surface area contributed by atoms with Gasteiger partial charge in [-0.05, 0) is 62.0 Å². The van der Waals surface area contributed by atoms with E-state index in [0.29, 0.717) is 0 Å². The van der Waals surface area contributed by atoms with Crippen molar-refractivity contribution in [2.45, 2.75) is 26.4 Å². The molecule has 198 valence electrons. The van der Waals surface area contributed by atoms with E-state index in [9.17, 15) is 19.2 Å². The van der Waals surface area contributed by atoms with E-state index in [-0.39, 0.29) is 51.6 Å². The standard InChI is InChI=1S/C26H29NO9S/c1-26(2,3)36-22(30)14-27-17-13-16(25(32)33-11-12-37(4)5)9-10-18(17)35-20-8-6-7-19(23(20)24(27)31)34-15-21(28)29/h6-10,13H,11-12,14-15H2,1-5H3/p+1. The van der Waals surface area contributed by atoms with Crippen LogP contribution in [0.5, 0.6) is 17.2 Å².